The summed E-state index contributed by atoms with van der Waals surface area (Å²) in [6.45, 7) is 9.69. The van der Waals surface area contributed by atoms with E-state index < -0.39 is 0 Å². The Kier molecular flexibility index (Phi) is 3.97. The first-order chi connectivity index (χ1) is 7.25. The largest absolute Gasteiger partial charge is 0.379 e. The third-order valence-corrected chi connectivity index (χ3v) is 3.51. The lowest BCUT2D eigenvalue weighted by Crippen LogP contribution is -2.46. The van der Waals surface area contributed by atoms with E-state index in [1.807, 2.05) is 0 Å². The van der Waals surface area contributed by atoms with Crippen molar-refractivity contribution in [3.05, 3.63) is 0 Å². The van der Waals surface area contributed by atoms with E-state index in [1.54, 1.807) is 0 Å². The van der Waals surface area contributed by atoms with Gasteiger partial charge in [-0.2, -0.15) is 0 Å². The highest BCUT2D eigenvalue weighted by molar-refractivity contribution is 4.83. The summed E-state index contributed by atoms with van der Waals surface area (Å²) in [7, 11) is 0. The van der Waals surface area contributed by atoms with Gasteiger partial charge in [0.1, 0.15) is 0 Å². The highest BCUT2D eigenvalue weighted by atomic mass is 16.5. The van der Waals surface area contributed by atoms with E-state index in [4.69, 9.17) is 10.5 Å². The van der Waals surface area contributed by atoms with Crippen LogP contribution in [0.4, 0.5) is 0 Å². The van der Waals surface area contributed by atoms with Crippen molar-refractivity contribution in [2.45, 2.75) is 25.4 Å². The predicted octanol–water partition coefficient (Wildman–Crippen LogP) is -0.260. The van der Waals surface area contributed by atoms with Crippen molar-refractivity contribution >= 4 is 0 Å². The maximum atomic E-state index is 5.92. The molecule has 0 bridgehead atoms. The molecule has 0 aliphatic carbocycles. The first-order valence-corrected chi connectivity index (χ1v) is 6.05. The first kappa shape index (κ1) is 11.3. The molecule has 4 heteroatoms. The minimum atomic E-state index is 0.400. The van der Waals surface area contributed by atoms with E-state index in [2.05, 4.69) is 16.7 Å². The topological polar surface area (TPSA) is 41.7 Å². The predicted molar refractivity (Wildman–Crippen MR) is 60.9 cm³/mol. The Hall–Kier alpha value is -0.160. The standard InChI is InChI=1S/C11H23N3O/c1-10(14-3-2-11(12)9-14)8-13-4-6-15-7-5-13/h10-11H,2-9,12H2,1H3. The highest BCUT2D eigenvalue weighted by Gasteiger charge is 2.25. The van der Waals surface area contributed by atoms with Crippen molar-refractivity contribution in [2.75, 3.05) is 45.9 Å². The molecular formula is C11H23N3O. The zero-order valence-electron chi connectivity index (χ0n) is 9.69. The molecule has 2 fully saturated rings. The van der Waals surface area contributed by atoms with Gasteiger partial charge < -0.3 is 10.5 Å². The maximum Gasteiger partial charge on any atom is 0.0594 e. The summed E-state index contributed by atoms with van der Waals surface area (Å²) in [6.07, 6.45) is 1.16. The van der Waals surface area contributed by atoms with Gasteiger partial charge in [-0.15, -0.1) is 0 Å². The van der Waals surface area contributed by atoms with Gasteiger partial charge in [-0.05, 0) is 13.3 Å². The Bertz CT molecular complexity index is 194. The Morgan fingerprint density at radius 1 is 1.33 bits per heavy atom. The Morgan fingerprint density at radius 3 is 2.67 bits per heavy atom. The molecule has 0 saturated carbocycles. The molecule has 2 saturated heterocycles. The summed E-state index contributed by atoms with van der Waals surface area (Å²) in [5, 5.41) is 0. The number of nitrogens with two attached hydrogens (primary N) is 1. The molecule has 2 aliphatic rings. The second-order valence-corrected chi connectivity index (χ2v) is 4.81. The van der Waals surface area contributed by atoms with Crippen LogP contribution in [0.5, 0.6) is 0 Å². The third-order valence-electron chi connectivity index (χ3n) is 3.51. The first-order valence-electron chi connectivity index (χ1n) is 6.05. The fraction of sp³-hybridized carbons (Fsp3) is 1.00. The maximum absolute atomic E-state index is 5.92. The van der Waals surface area contributed by atoms with Crippen molar-refractivity contribution < 1.29 is 4.74 Å². The lowest BCUT2D eigenvalue weighted by atomic mass is 10.2. The third kappa shape index (κ3) is 3.14. The van der Waals surface area contributed by atoms with Gasteiger partial charge in [-0.1, -0.05) is 0 Å². The molecule has 0 aromatic rings. The van der Waals surface area contributed by atoms with E-state index in [-0.39, 0.29) is 0 Å². The normalized spacial score (nSPS) is 32.0. The van der Waals surface area contributed by atoms with Crippen molar-refractivity contribution in [3.63, 3.8) is 0 Å². The molecule has 2 unspecified atom stereocenters. The van der Waals surface area contributed by atoms with Crippen LogP contribution in [0.3, 0.4) is 0 Å². The summed E-state index contributed by atoms with van der Waals surface area (Å²) in [6, 6.07) is 1.04. The highest BCUT2D eigenvalue weighted by Crippen LogP contribution is 2.12. The minimum Gasteiger partial charge on any atom is -0.379 e. The lowest BCUT2D eigenvalue weighted by molar-refractivity contribution is 0.0265. The van der Waals surface area contributed by atoms with E-state index in [1.165, 1.54) is 6.54 Å². The van der Waals surface area contributed by atoms with Crippen LogP contribution in [0.15, 0.2) is 0 Å². The Balaban J connectivity index is 1.73. The number of rotatable bonds is 3. The van der Waals surface area contributed by atoms with Crippen molar-refractivity contribution in [1.82, 2.24) is 9.80 Å². The minimum absolute atomic E-state index is 0.400. The molecule has 2 rings (SSSR count). The number of hydrogen-bond acceptors (Lipinski definition) is 4. The van der Waals surface area contributed by atoms with Gasteiger partial charge >= 0.3 is 0 Å². The van der Waals surface area contributed by atoms with Gasteiger partial charge in [0, 0.05) is 44.8 Å². The van der Waals surface area contributed by atoms with E-state index >= 15 is 0 Å². The van der Waals surface area contributed by atoms with Gasteiger partial charge in [0.15, 0.2) is 0 Å². The van der Waals surface area contributed by atoms with Crippen molar-refractivity contribution in [2.24, 2.45) is 5.73 Å². The molecule has 0 amide bonds. The van der Waals surface area contributed by atoms with Crippen LogP contribution in [0.25, 0.3) is 0 Å². The summed E-state index contributed by atoms with van der Waals surface area (Å²) in [4.78, 5) is 5.01. The Morgan fingerprint density at radius 2 is 2.07 bits per heavy atom. The molecular weight excluding hydrogens is 190 g/mol. The number of hydrogen-bond donors (Lipinski definition) is 1. The average Bonchev–Trinajstić information content (AvgIpc) is 2.66. The van der Waals surface area contributed by atoms with Crippen LogP contribution >= 0.6 is 0 Å². The van der Waals surface area contributed by atoms with Crippen LogP contribution < -0.4 is 5.73 Å². The van der Waals surface area contributed by atoms with Gasteiger partial charge in [0.25, 0.3) is 0 Å². The molecule has 0 aromatic carbocycles. The van der Waals surface area contributed by atoms with Crippen LogP contribution in [-0.4, -0.2) is 67.8 Å². The number of morpholine rings is 1. The van der Waals surface area contributed by atoms with Gasteiger partial charge in [0.2, 0.25) is 0 Å². The SMILES string of the molecule is CC(CN1CCOCC1)N1CCC(N)C1. The molecule has 0 radical (unpaired) electrons. The lowest BCUT2D eigenvalue weighted by Gasteiger charge is -2.32. The van der Waals surface area contributed by atoms with E-state index in [0.29, 0.717) is 12.1 Å². The molecule has 2 N–H and O–H groups in total. The summed E-state index contributed by atoms with van der Waals surface area (Å²) < 4.78 is 5.35. The molecule has 88 valence electrons. The summed E-state index contributed by atoms with van der Waals surface area (Å²) in [5.41, 5.74) is 5.92. The van der Waals surface area contributed by atoms with Crippen molar-refractivity contribution in [1.29, 1.82) is 0 Å². The summed E-state index contributed by atoms with van der Waals surface area (Å²) >= 11 is 0. The van der Waals surface area contributed by atoms with Gasteiger partial charge in [-0.25, -0.2) is 0 Å². The van der Waals surface area contributed by atoms with Gasteiger partial charge in [-0.3, -0.25) is 9.80 Å². The zero-order valence-corrected chi connectivity index (χ0v) is 9.69. The number of ether oxygens (including phenoxy) is 1. The second kappa shape index (κ2) is 5.25. The van der Waals surface area contributed by atoms with Gasteiger partial charge in [0.05, 0.1) is 13.2 Å². The second-order valence-electron chi connectivity index (χ2n) is 4.81. The molecule has 2 aliphatic heterocycles. The van der Waals surface area contributed by atoms with E-state index in [0.717, 1.165) is 45.8 Å². The quantitative estimate of drug-likeness (QED) is 0.701. The number of likely N-dealkylation sites (tertiary alicyclic amines) is 1. The van der Waals surface area contributed by atoms with Crippen LogP contribution in [-0.2, 0) is 4.74 Å². The average molecular weight is 213 g/mol. The van der Waals surface area contributed by atoms with Crippen molar-refractivity contribution in [3.8, 4) is 0 Å². The monoisotopic (exact) mass is 213 g/mol. The molecule has 4 nitrogen and oxygen atoms in total. The smallest absolute Gasteiger partial charge is 0.0594 e. The summed E-state index contributed by atoms with van der Waals surface area (Å²) in [5.74, 6) is 0. The number of nitrogens with zero attached hydrogens (tertiary/aromatic N) is 2. The van der Waals surface area contributed by atoms with Crippen LogP contribution in [0.2, 0.25) is 0 Å². The molecule has 0 spiro atoms. The fourth-order valence-electron chi connectivity index (χ4n) is 2.49. The van der Waals surface area contributed by atoms with E-state index in [9.17, 15) is 0 Å². The zero-order chi connectivity index (χ0) is 10.7. The molecule has 15 heavy (non-hydrogen) atoms. The fourth-order valence-corrected chi connectivity index (χ4v) is 2.49. The molecule has 0 aromatic heterocycles. The van der Waals surface area contributed by atoms with Crippen LogP contribution in [0.1, 0.15) is 13.3 Å². The Labute approximate surface area is 92.4 Å². The molecule has 2 atom stereocenters. The molecule has 2 heterocycles. The van der Waals surface area contributed by atoms with Crippen LogP contribution in [0, 0.1) is 0 Å².